The smallest absolute Gasteiger partial charge is 0.321 e. The van der Waals surface area contributed by atoms with Gasteiger partial charge in [-0.25, -0.2) is 4.79 Å². The molecule has 1 heterocycles. The summed E-state index contributed by atoms with van der Waals surface area (Å²) in [4.78, 5) is 24.8. The Kier molecular flexibility index (Phi) is 7.16. The van der Waals surface area contributed by atoms with E-state index in [4.69, 9.17) is 37.8 Å². The first-order chi connectivity index (χ1) is 11.9. The second-order valence-corrected chi connectivity index (χ2v) is 6.45. The van der Waals surface area contributed by atoms with Crippen LogP contribution in [-0.4, -0.2) is 55.4 Å². The summed E-state index contributed by atoms with van der Waals surface area (Å²) in [6.07, 6.45) is 0.882. The molecule has 2 N–H and O–H groups in total. The molecule has 1 aliphatic heterocycles. The van der Waals surface area contributed by atoms with E-state index in [2.05, 4.69) is 5.32 Å². The van der Waals surface area contributed by atoms with Crippen LogP contribution in [0.3, 0.4) is 0 Å². The summed E-state index contributed by atoms with van der Waals surface area (Å²) >= 11 is 12.3. The van der Waals surface area contributed by atoms with Gasteiger partial charge in [-0.3, -0.25) is 4.79 Å². The van der Waals surface area contributed by atoms with E-state index in [9.17, 15) is 9.59 Å². The van der Waals surface area contributed by atoms with Crippen molar-refractivity contribution in [1.29, 1.82) is 0 Å². The van der Waals surface area contributed by atoms with Gasteiger partial charge in [0.25, 0.3) is 0 Å². The van der Waals surface area contributed by atoms with Crippen molar-refractivity contribution in [2.45, 2.75) is 12.8 Å². The van der Waals surface area contributed by atoms with E-state index < -0.39 is 11.9 Å². The van der Waals surface area contributed by atoms with Gasteiger partial charge >= 0.3 is 12.0 Å². The number of carbonyl (C=O) groups excluding carboxylic acids is 1. The van der Waals surface area contributed by atoms with Gasteiger partial charge in [-0.2, -0.15) is 0 Å². The van der Waals surface area contributed by atoms with Crippen LogP contribution in [0.4, 0.5) is 10.5 Å². The molecule has 0 unspecified atom stereocenters. The molecule has 0 saturated carbocycles. The minimum absolute atomic E-state index is 0.281. The Bertz CT molecular complexity index is 610. The normalized spacial score (nSPS) is 15.1. The molecule has 7 nitrogen and oxygen atoms in total. The summed E-state index contributed by atoms with van der Waals surface area (Å²) in [5.41, 5.74) is 0.444. The molecule has 0 bridgehead atoms. The molecule has 2 rings (SSSR count). The van der Waals surface area contributed by atoms with E-state index in [1.165, 1.54) is 0 Å². The number of likely N-dealkylation sites (tertiary alicyclic amines) is 1. The van der Waals surface area contributed by atoms with E-state index in [0.29, 0.717) is 50.6 Å². The number of nitrogens with zero attached hydrogens (tertiary/aromatic N) is 1. The fourth-order valence-corrected chi connectivity index (χ4v) is 3.13. The van der Waals surface area contributed by atoms with Crippen molar-refractivity contribution in [2.24, 2.45) is 5.92 Å². The number of carboxylic acids is 1. The number of ether oxygens (including phenoxy) is 2. The number of carbonyl (C=O) groups is 2. The summed E-state index contributed by atoms with van der Waals surface area (Å²) in [5, 5.41) is 12.3. The lowest BCUT2D eigenvalue weighted by atomic mass is 9.97. The van der Waals surface area contributed by atoms with Crippen LogP contribution in [-0.2, 0) is 9.53 Å². The highest BCUT2D eigenvalue weighted by atomic mass is 35.5. The highest BCUT2D eigenvalue weighted by Crippen LogP contribution is 2.36. The Balaban J connectivity index is 1.96. The average molecular weight is 391 g/mol. The van der Waals surface area contributed by atoms with Crippen LogP contribution in [0.2, 0.25) is 10.0 Å². The predicted octanol–water partition coefficient (Wildman–Crippen LogP) is 3.35. The van der Waals surface area contributed by atoms with E-state index in [-0.39, 0.29) is 16.1 Å². The third kappa shape index (κ3) is 5.39. The fraction of sp³-hybridized carbons (Fsp3) is 0.500. The summed E-state index contributed by atoms with van der Waals surface area (Å²) in [5.74, 6) is -0.875. The molecule has 1 aliphatic rings. The lowest BCUT2D eigenvalue weighted by Gasteiger charge is -2.30. The second-order valence-electron chi connectivity index (χ2n) is 5.64. The molecule has 9 heteroatoms. The van der Waals surface area contributed by atoms with Gasteiger partial charge in [0, 0.05) is 25.9 Å². The number of hydrogen-bond acceptors (Lipinski definition) is 4. The van der Waals surface area contributed by atoms with Gasteiger partial charge in [0.15, 0.2) is 5.75 Å². The number of anilines is 1. The molecule has 0 aromatic heterocycles. The molecular formula is C16H20Cl2N2O5. The minimum Gasteiger partial charge on any atom is -0.488 e. The number of aliphatic carboxylic acids is 1. The minimum atomic E-state index is -0.817. The quantitative estimate of drug-likeness (QED) is 0.727. The van der Waals surface area contributed by atoms with Gasteiger partial charge in [0.05, 0.1) is 22.6 Å². The van der Waals surface area contributed by atoms with E-state index >= 15 is 0 Å². The third-order valence-electron chi connectivity index (χ3n) is 3.91. The van der Waals surface area contributed by atoms with Crippen molar-refractivity contribution in [3.8, 4) is 5.75 Å². The van der Waals surface area contributed by atoms with Crippen LogP contribution >= 0.6 is 23.2 Å². The largest absolute Gasteiger partial charge is 0.488 e. The zero-order chi connectivity index (χ0) is 18.4. The van der Waals surface area contributed by atoms with Crippen LogP contribution in [0, 0.1) is 5.92 Å². The lowest BCUT2D eigenvalue weighted by molar-refractivity contribution is -0.143. The molecule has 25 heavy (non-hydrogen) atoms. The number of amides is 2. The molecule has 1 aromatic carbocycles. The number of methoxy groups -OCH3 is 1. The number of rotatable bonds is 6. The van der Waals surface area contributed by atoms with Gasteiger partial charge in [-0.05, 0) is 25.0 Å². The van der Waals surface area contributed by atoms with Gasteiger partial charge in [0.2, 0.25) is 0 Å². The first-order valence-corrected chi connectivity index (χ1v) is 8.57. The standard InChI is InChI=1S/C16H20Cl2N2O5/c1-24-6-7-25-14-12(17)8-11(9-13(14)18)19-16(23)20-4-2-10(3-5-20)15(21)22/h8-10H,2-7H2,1H3,(H,19,23)(H,21,22). The maximum absolute atomic E-state index is 12.3. The van der Waals surface area contributed by atoms with Crippen molar-refractivity contribution in [1.82, 2.24) is 4.90 Å². The molecule has 1 fully saturated rings. The first-order valence-electron chi connectivity index (χ1n) is 7.82. The molecule has 2 amide bonds. The summed E-state index contributed by atoms with van der Waals surface area (Å²) in [6, 6.07) is 2.79. The van der Waals surface area contributed by atoms with Gasteiger partial charge < -0.3 is 24.8 Å². The van der Waals surface area contributed by atoms with Crippen LogP contribution < -0.4 is 10.1 Å². The van der Waals surface area contributed by atoms with Gasteiger partial charge in [-0.1, -0.05) is 23.2 Å². The molecular weight excluding hydrogens is 371 g/mol. The molecule has 1 aromatic rings. The van der Waals surface area contributed by atoms with Crippen LogP contribution in [0.5, 0.6) is 5.75 Å². The first kappa shape index (κ1) is 19.6. The number of hydrogen-bond donors (Lipinski definition) is 2. The summed E-state index contributed by atoms with van der Waals surface area (Å²) in [6.45, 7) is 1.49. The molecule has 138 valence electrons. The van der Waals surface area contributed by atoms with Crippen LogP contribution in [0.1, 0.15) is 12.8 Å². The fourth-order valence-electron chi connectivity index (χ4n) is 2.53. The highest BCUT2D eigenvalue weighted by Gasteiger charge is 2.27. The topological polar surface area (TPSA) is 88.1 Å². The van der Waals surface area contributed by atoms with E-state index in [1.807, 2.05) is 0 Å². The SMILES string of the molecule is COCCOc1c(Cl)cc(NC(=O)N2CCC(C(=O)O)CC2)cc1Cl. The summed E-state index contributed by atoms with van der Waals surface area (Å²) < 4.78 is 10.3. The number of benzene rings is 1. The van der Waals surface area contributed by atoms with Crippen molar-refractivity contribution >= 4 is 40.9 Å². The van der Waals surface area contributed by atoms with Gasteiger partial charge in [0.1, 0.15) is 6.61 Å². The van der Waals surface area contributed by atoms with Crippen molar-refractivity contribution in [3.05, 3.63) is 22.2 Å². The monoisotopic (exact) mass is 390 g/mol. The molecule has 0 spiro atoms. The lowest BCUT2D eigenvalue weighted by Crippen LogP contribution is -2.42. The predicted molar refractivity (Wildman–Crippen MR) is 94.8 cm³/mol. The van der Waals surface area contributed by atoms with Crippen molar-refractivity contribution in [2.75, 3.05) is 38.7 Å². The van der Waals surface area contributed by atoms with Crippen LogP contribution in [0.15, 0.2) is 12.1 Å². The number of carboxylic acid groups (broad SMARTS) is 1. The summed E-state index contributed by atoms with van der Waals surface area (Å²) in [7, 11) is 1.56. The number of urea groups is 1. The molecule has 1 saturated heterocycles. The zero-order valence-electron chi connectivity index (χ0n) is 13.8. The molecule has 0 aliphatic carbocycles. The molecule has 0 radical (unpaired) electrons. The average Bonchev–Trinajstić information content (AvgIpc) is 2.57. The maximum Gasteiger partial charge on any atom is 0.321 e. The van der Waals surface area contributed by atoms with E-state index in [0.717, 1.165) is 0 Å². The Labute approximate surface area is 155 Å². The second kappa shape index (κ2) is 9.12. The van der Waals surface area contributed by atoms with Crippen molar-refractivity contribution < 1.29 is 24.2 Å². The van der Waals surface area contributed by atoms with Crippen molar-refractivity contribution in [3.63, 3.8) is 0 Å². The molecule has 0 atom stereocenters. The maximum atomic E-state index is 12.3. The third-order valence-corrected chi connectivity index (χ3v) is 4.48. The Morgan fingerprint density at radius 2 is 1.84 bits per heavy atom. The van der Waals surface area contributed by atoms with Crippen LogP contribution in [0.25, 0.3) is 0 Å². The zero-order valence-corrected chi connectivity index (χ0v) is 15.3. The Hall–Kier alpha value is -1.70. The Morgan fingerprint density at radius 3 is 2.36 bits per heavy atom. The van der Waals surface area contributed by atoms with E-state index in [1.54, 1.807) is 24.1 Å². The van der Waals surface area contributed by atoms with Gasteiger partial charge in [-0.15, -0.1) is 0 Å². The highest BCUT2D eigenvalue weighted by molar-refractivity contribution is 6.37. The Morgan fingerprint density at radius 1 is 1.24 bits per heavy atom. The number of halogens is 2. The number of piperidine rings is 1. The number of nitrogens with one attached hydrogen (secondary N) is 1.